The van der Waals surface area contributed by atoms with Gasteiger partial charge >= 0.3 is 5.97 Å². The second-order valence-electron chi connectivity index (χ2n) is 5.94. The van der Waals surface area contributed by atoms with Crippen LogP contribution in [0.2, 0.25) is 0 Å². The third kappa shape index (κ3) is 6.35. The molecule has 3 unspecified atom stereocenters. The number of aliphatic hydroxyl groups excluding tert-OH is 2. The van der Waals surface area contributed by atoms with E-state index in [1.54, 1.807) is 0 Å². The summed E-state index contributed by atoms with van der Waals surface area (Å²) in [5.41, 5.74) is -0.544. The minimum absolute atomic E-state index is 0.0277. The second-order valence-corrected chi connectivity index (χ2v) is 6.35. The van der Waals surface area contributed by atoms with E-state index >= 15 is 0 Å². The van der Waals surface area contributed by atoms with Crippen molar-refractivity contribution in [3.05, 3.63) is 0 Å². The Hall–Kier alpha value is -0.180. The van der Waals surface area contributed by atoms with Gasteiger partial charge in [0.1, 0.15) is 12.7 Å². The summed E-state index contributed by atoms with van der Waals surface area (Å²) in [7, 11) is 2.57. The van der Waals surface area contributed by atoms with Gasteiger partial charge in [0, 0.05) is 0 Å². The van der Waals surface area contributed by atoms with Crippen LogP contribution in [0.3, 0.4) is 0 Å². The van der Waals surface area contributed by atoms with E-state index in [2.05, 4.69) is 30.0 Å². The quantitative estimate of drug-likeness (QED) is 0.559. The molecule has 0 rings (SSSR count). The van der Waals surface area contributed by atoms with Crippen LogP contribution >= 0.6 is 9.24 Å². The fourth-order valence-electron chi connectivity index (χ4n) is 1.80. The Morgan fingerprint density at radius 2 is 1.88 bits per heavy atom. The van der Waals surface area contributed by atoms with Crippen molar-refractivity contribution in [3.63, 3.8) is 0 Å². The lowest BCUT2D eigenvalue weighted by atomic mass is 9.76. The first kappa shape index (κ1) is 16.8. The molecule has 0 radical (unpaired) electrons. The van der Waals surface area contributed by atoms with Crippen LogP contribution in [-0.4, -0.2) is 41.7 Å². The van der Waals surface area contributed by atoms with Crippen LogP contribution in [0.15, 0.2) is 0 Å². The van der Waals surface area contributed by atoms with Crippen LogP contribution in [-0.2, 0) is 9.53 Å². The van der Waals surface area contributed by atoms with Crippen LogP contribution in [0.1, 0.15) is 34.1 Å². The summed E-state index contributed by atoms with van der Waals surface area (Å²) >= 11 is 0. The summed E-state index contributed by atoms with van der Waals surface area (Å²) < 4.78 is 5.03. The van der Waals surface area contributed by atoms with Gasteiger partial charge < -0.3 is 14.9 Å². The zero-order valence-electron chi connectivity index (χ0n) is 11.2. The highest BCUT2D eigenvalue weighted by Gasteiger charge is 2.37. The standard InChI is InChI=1S/C12H25O4P/c1-11(2,3)7-12(4,8-17)10(15)16-6-9(14)5-13/h9,13-14H,5-8,17H2,1-4H3. The summed E-state index contributed by atoms with van der Waals surface area (Å²) in [4.78, 5) is 12.0. The molecule has 2 N–H and O–H groups in total. The minimum Gasteiger partial charge on any atom is -0.462 e. The van der Waals surface area contributed by atoms with E-state index in [4.69, 9.17) is 14.9 Å². The highest BCUT2D eigenvalue weighted by molar-refractivity contribution is 7.16. The Morgan fingerprint density at radius 3 is 2.24 bits per heavy atom. The van der Waals surface area contributed by atoms with Gasteiger partial charge in [0.15, 0.2) is 0 Å². The number of ether oxygens (including phenoxy) is 1. The SMILES string of the molecule is CC(C)(C)CC(C)(CP)C(=O)OCC(O)CO. The largest absolute Gasteiger partial charge is 0.462 e. The summed E-state index contributed by atoms with van der Waals surface area (Å²) in [5.74, 6) is -0.324. The van der Waals surface area contributed by atoms with Crippen LogP contribution in [0, 0.1) is 10.8 Å². The lowest BCUT2D eigenvalue weighted by Gasteiger charge is -2.32. The van der Waals surface area contributed by atoms with Crippen LogP contribution in [0.25, 0.3) is 0 Å². The first-order chi connectivity index (χ1) is 7.64. The summed E-state index contributed by atoms with van der Waals surface area (Å²) in [6.07, 6.45) is 0.318. The topological polar surface area (TPSA) is 66.8 Å². The van der Waals surface area contributed by atoms with Crippen LogP contribution < -0.4 is 0 Å². The Morgan fingerprint density at radius 1 is 1.35 bits per heavy atom. The van der Waals surface area contributed by atoms with E-state index in [0.29, 0.717) is 12.6 Å². The maximum Gasteiger partial charge on any atom is 0.312 e. The van der Waals surface area contributed by atoms with Crippen molar-refractivity contribution in [2.45, 2.75) is 40.2 Å². The summed E-state index contributed by atoms with van der Waals surface area (Å²) in [5, 5.41) is 17.8. The van der Waals surface area contributed by atoms with Crippen molar-refractivity contribution in [1.29, 1.82) is 0 Å². The molecule has 0 bridgehead atoms. The van der Waals surface area contributed by atoms with Gasteiger partial charge in [-0.05, 0) is 24.9 Å². The molecular weight excluding hydrogens is 239 g/mol. The Kier molecular flexibility index (Phi) is 6.60. The normalized spacial score (nSPS) is 17.4. The molecule has 4 nitrogen and oxygen atoms in total. The number of rotatable bonds is 6. The molecule has 0 heterocycles. The molecule has 0 aliphatic carbocycles. The molecule has 17 heavy (non-hydrogen) atoms. The highest BCUT2D eigenvalue weighted by atomic mass is 31.0. The number of hydrogen-bond donors (Lipinski definition) is 2. The molecule has 0 amide bonds. The van der Waals surface area contributed by atoms with Crippen molar-refractivity contribution in [2.75, 3.05) is 19.4 Å². The summed E-state index contributed by atoms with van der Waals surface area (Å²) in [6, 6.07) is 0. The molecule has 0 aromatic rings. The summed E-state index contributed by atoms with van der Waals surface area (Å²) in [6.45, 7) is 7.52. The van der Waals surface area contributed by atoms with Crippen LogP contribution in [0.5, 0.6) is 0 Å². The van der Waals surface area contributed by atoms with Crippen molar-refractivity contribution in [3.8, 4) is 0 Å². The Bertz CT molecular complexity index is 249. The van der Waals surface area contributed by atoms with Gasteiger partial charge in [-0.3, -0.25) is 4.79 Å². The number of aliphatic hydroxyl groups is 2. The van der Waals surface area contributed by atoms with E-state index in [9.17, 15) is 4.79 Å². The molecule has 0 aliphatic rings. The fraction of sp³-hybridized carbons (Fsp3) is 0.917. The van der Waals surface area contributed by atoms with Gasteiger partial charge in [-0.2, -0.15) is 0 Å². The molecule has 0 saturated carbocycles. The van der Waals surface area contributed by atoms with Crippen LogP contribution in [0.4, 0.5) is 0 Å². The molecule has 0 fully saturated rings. The van der Waals surface area contributed by atoms with Crippen molar-refractivity contribution >= 4 is 15.2 Å². The monoisotopic (exact) mass is 264 g/mol. The van der Waals surface area contributed by atoms with E-state index in [0.717, 1.165) is 0 Å². The van der Waals surface area contributed by atoms with E-state index in [1.807, 2.05) is 6.92 Å². The third-order valence-corrected chi connectivity index (χ3v) is 3.38. The number of carbonyl (C=O) groups is 1. The molecule has 0 saturated heterocycles. The molecule has 3 atom stereocenters. The molecule has 0 aromatic carbocycles. The minimum atomic E-state index is -0.998. The maximum atomic E-state index is 12.0. The zero-order chi connectivity index (χ0) is 13.7. The second kappa shape index (κ2) is 6.67. The van der Waals surface area contributed by atoms with Crippen molar-refractivity contribution < 1.29 is 19.7 Å². The molecule has 5 heteroatoms. The number of esters is 1. The number of hydrogen-bond acceptors (Lipinski definition) is 4. The van der Waals surface area contributed by atoms with E-state index in [-0.39, 0.29) is 18.0 Å². The predicted molar refractivity (Wildman–Crippen MR) is 70.8 cm³/mol. The average molecular weight is 264 g/mol. The third-order valence-electron chi connectivity index (χ3n) is 2.48. The fourth-order valence-corrected chi connectivity index (χ4v) is 2.11. The Labute approximate surface area is 106 Å². The first-order valence-electron chi connectivity index (χ1n) is 5.81. The maximum absolute atomic E-state index is 12.0. The first-order valence-corrected chi connectivity index (χ1v) is 6.62. The molecule has 102 valence electrons. The van der Waals surface area contributed by atoms with Gasteiger partial charge in [0.2, 0.25) is 0 Å². The van der Waals surface area contributed by atoms with Crippen molar-refractivity contribution in [1.82, 2.24) is 0 Å². The highest BCUT2D eigenvalue weighted by Crippen LogP contribution is 2.36. The Balaban J connectivity index is 4.48. The molecule has 0 spiro atoms. The van der Waals surface area contributed by atoms with E-state index < -0.39 is 18.1 Å². The van der Waals surface area contributed by atoms with Crippen molar-refractivity contribution in [2.24, 2.45) is 10.8 Å². The van der Waals surface area contributed by atoms with Gasteiger partial charge in [-0.25, -0.2) is 0 Å². The van der Waals surface area contributed by atoms with Gasteiger partial charge in [0.25, 0.3) is 0 Å². The predicted octanol–water partition coefficient (Wildman–Crippen LogP) is 1.20. The van der Waals surface area contributed by atoms with Gasteiger partial charge in [0.05, 0.1) is 12.0 Å². The molecule has 0 aromatic heterocycles. The average Bonchev–Trinajstić information content (AvgIpc) is 2.22. The smallest absolute Gasteiger partial charge is 0.312 e. The van der Waals surface area contributed by atoms with Gasteiger partial charge in [-0.15, -0.1) is 9.24 Å². The zero-order valence-corrected chi connectivity index (χ0v) is 12.3. The molecule has 0 aliphatic heterocycles. The molecular formula is C12H25O4P. The number of carbonyl (C=O) groups excluding carboxylic acids is 1. The van der Waals surface area contributed by atoms with Gasteiger partial charge in [-0.1, -0.05) is 20.8 Å². The van der Waals surface area contributed by atoms with E-state index in [1.165, 1.54) is 0 Å². The lowest BCUT2D eigenvalue weighted by Crippen LogP contribution is -2.37. The lowest BCUT2D eigenvalue weighted by molar-refractivity contribution is -0.159.